The van der Waals surface area contributed by atoms with Crippen LogP contribution in [0.2, 0.25) is 0 Å². The van der Waals surface area contributed by atoms with Crippen molar-refractivity contribution in [2.24, 2.45) is 0 Å². The van der Waals surface area contributed by atoms with Crippen LogP contribution < -0.4 is 0 Å². The van der Waals surface area contributed by atoms with E-state index in [1.165, 1.54) is 25.9 Å². The number of hydrogen-bond donors (Lipinski definition) is 0. The van der Waals surface area contributed by atoms with Crippen LogP contribution in [0, 0.1) is 13.8 Å². The van der Waals surface area contributed by atoms with Gasteiger partial charge in [-0.25, -0.2) is 8.42 Å². The molecule has 2 aliphatic heterocycles. The molecule has 190 valence electrons. The van der Waals surface area contributed by atoms with Gasteiger partial charge in [0.15, 0.2) is 0 Å². The Labute approximate surface area is 218 Å². The normalized spacial score (nSPS) is 21.4. The van der Waals surface area contributed by atoms with Crippen molar-refractivity contribution in [2.75, 3.05) is 32.7 Å². The predicted molar refractivity (Wildman–Crippen MR) is 144 cm³/mol. The van der Waals surface area contributed by atoms with E-state index >= 15 is 0 Å². The minimum Gasteiger partial charge on any atom is -0.339 e. The number of piperazine rings is 1. The lowest BCUT2D eigenvalue weighted by molar-refractivity contribution is -0.135. The number of amides is 1. The van der Waals surface area contributed by atoms with Gasteiger partial charge < -0.3 is 4.90 Å². The molecule has 6 nitrogen and oxygen atoms in total. The van der Waals surface area contributed by atoms with Gasteiger partial charge in [-0.3, -0.25) is 9.69 Å². The fraction of sp³-hybridized carbons (Fsp3) is 0.393. The lowest BCUT2D eigenvalue weighted by Gasteiger charge is -2.41. The van der Waals surface area contributed by atoms with E-state index in [1.54, 1.807) is 23.5 Å². The molecule has 2 atom stereocenters. The first-order valence-electron chi connectivity index (χ1n) is 12.5. The van der Waals surface area contributed by atoms with Crippen LogP contribution in [-0.4, -0.2) is 67.2 Å². The summed E-state index contributed by atoms with van der Waals surface area (Å²) in [5.74, 6) is 0.0616. The van der Waals surface area contributed by atoms with E-state index < -0.39 is 10.0 Å². The molecule has 2 unspecified atom stereocenters. The third-order valence-corrected chi connectivity index (χ3v) is 10.5. The van der Waals surface area contributed by atoms with Gasteiger partial charge in [-0.15, -0.1) is 11.3 Å². The Morgan fingerprint density at radius 2 is 1.72 bits per heavy atom. The average Bonchev–Trinajstić information content (AvgIpc) is 3.33. The van der Waals surface area contributed by atoms with Crippen LogP contribution in [0.3, 0.4) is 0 Å². The van der Waals surface area contributed by atoms with Crippen molar-refractivity contribution in [3.05, 3.63) is 87.1 Å². The lowest BCUT2D eigenvalue weighted by Crippen LogP contribution is -2.57. The second kappa shape index (κ2) is 10.1. The molecule has 1 fully saturated rings. The van der Waals surface area contributed by atoms with Crippen molar-refractivity contribution in [2.45, 2.75) is 44.2 Å². The molecular weight excluding hydrogens is 490 g/mol. The molecule has 0 spiro atoms. The summed E-state index contributed by atoms with van der Waals surface area (Å²) in [5.41, 5.74) is 4.79. The second-order valence-corrected chi connectivity index (χ2v) is 12.8. The smallest absolute Gasteiger partial charge is 0.243 e. The van der Waals surface area contributed by atoms with Crippen molar-refractivity contribution in [1.29, 1.82) is 0 Å². The Morgan fingerprint density at radius 3 is 2.44 bits per heavy atom. The minimum atomic E-state index is -3.59. The highest BCUT2D eigenvalue weighted by Gasteiger charge is 2.37. The zero-order chi connectivity index (χ0) is 25.4. The summed E-state index contributed by atoms with van der Waals surface area (Å²) in [5, 5.41) is 2.15. The van der Waals surface area contributed by atoms with Crippen molar-refractivity contribution < 1.29 is 13.2 Å². The molecule has 0 radical (unpaired) electrons. The number of nitrogens with zero attached hydrogens (tertiary/aromatic N) is 3. The summed E-state index contributed by atoms with van der Waals surface area (Å²) in [6, 6.07) is 17.4. The number of benzene rings is 2. The first-order valence-corrected chi connectivity index (χ1v) is 14.8. The van der Waals surface area contributed by atoms with Crippen LogP contribution in [0.1, 0.15) is 40.1 Å². The summed E-state index contributed by atoms with van der Waals surface area (Å²) in [4.78, 5) is 19.3. The second-order valence-electron chi connectivity index (χ2n) is 9.90. The van der Waals surface area contributed by atoms with E-state index in [0.29, 0.717) is 31.1 Å². The van der Waals surface area contributed by atoms with Gasteiger partial charge >= 0.3 is 0 Å². The zero-order valence-corrected chi connectivity index (χ0v) is 22.7. The predicted octanol–water partition coefficient (Wildman–Crippen LogP) is 4.23. The van der Waals surface area contributed by atoms with E-state index in [2.05, 4.69) is 47.5 Å². The Balaban J connectivity index is 1.31. The molecule has 2 aromatic carbocycles. The number of aryl methyl sites for hydroxylation is 2. The monoisotopic (exact) mass is 523 g/mol. The molecule has 5 rings (SSSR count). The van der Waals surface area contributed by atoms with Gasteiger partial charge in [0.1, 0.15) is 0 Å². The Kier molecular flexibility index (Phi) is 7.05. The highest BCUT2D eigenvalue weighted by Crippen LogP contribution is 2.38. The van der Waals surface area contributed by atoms with Crippen molar-refractivity contribution in [1.82, 2.24) is 14.1 Å². The van der Waals surface area contributed by atoms with E-state index in [4.69, 9.17) is 0 Å². The SMILES string of the molecule is Cc1ccc(S(=O)(=O)N2CCN(C(=O)CN3CCc4sccc4C3c3ccccc3C)CC2C)cc1. The summed E-state index contributed by atoms with van der Waals surface area (Å²) >= 11 is 1.80. The van der Waals surface area contributed by atoms with Crippen LogP contribution in [-0.2, 0) is 21.2 Å². The number of carbonyl (C=O) groups is 1. The Morgan fingerprint density at radius 1 is 0.972 bits per heavy atom. The molecule has 1 aromatic heterocycles. The van der Waals surface area contributed by atoms with Gasteiger partial charge in [-0.05, 0) is 67.5 Å². The number of sulfonamides is 1. The van der Waals surface area contributed by atoms with Gasteiger partial charge in [0.05, 0.1) is 17.5 Å². The van der Waals surface area contributed by atoms with E-state index in [9.17, 15) is 13.2 Å². The molecule has 0 aliphatic carbocycles. The molecule has 36 heavy (non-hydrogen) atoms. The maximum atomic E-state index is 13.5. The fourth-order valence-electron chi connectivity index (χ4n) is 5.44. The lowest BCUT2D eigenvalue weighted by atomic mass is 9.90. The van der Waals surface area contributed by atoms with Gasteiger partial charge in [0, 0.05) is 37.1 Å². The number of carbonyl (C=O) groups excluding carboxylic acids is 1. The van der Waals surface area contributed by atoms with Gasteiger partial charge in [0.2, 0.25) is 15.9 Å². The number of fused-ring (bicyclic) bond motifs is 1. The minimum absolute atomic E-state index is 0.0609. The van der Waals surface area contributed by atoms with Crippen LogP contribution in [0.5, 0.6) is 0 Å². The summed E-state index contributed by atoms with van der Waals surface area (Å²) in [6.45, 7) is 8.22. The highest BCUT2D eigenvalue weighted by molar-refractivity contribution is 7.89. The summed E-state index contributed by atoms with van der Waals surface area (Å²) in [7, 11) is -3.59. The largest absolute Gasteiger partial charge is 0.339 e. The molecule has 2 aliphatic rings. The third-order valence-electron chi connectivity index (χ3n) is 7.43. The molecular formula is C28H33N3O3S2. The first kappa shape index (κ1) is 25.1. The van der Waals surface area contributed by atoms with Gasteiger partial charge in [-0.1, -0.05) is 42.0 Å². The number of thiophene rings is 1. The van der Waals surface area contributed by atoms with E-state index in [-0.39, 0.29) is 18.0 Å². The van der Waals surface area contributed by atoms with Crippen molar-refractivity contribution in [3.63, 3.8) is 0 Å². The maximum Gasteiger partial charge on any atom is 0.243 e. The molecule has 0 N–H and O–H groups in total. The van der Waals surface area contributed by atoms with Crippen molar-refractivity contribution >= 4 is 27.3 Å². The average molecular weight is 524 g/mol. The highest BCUT2D eigenvalue weighted by atomic mass is 32.2. The quantitative estimate of drug-likeness (QED) is 0.502. The Hall–Kier alpha value is -2.52. The number of hydrogen-bond acceptors (Lipinski definition) is 5. The molecule has 3 aromatic rings. The maximum absolute atomic E-state index is 13.5. The van der Waals surface area contributed by atoms with Crippen LogP contribution in [0.4, 0.5) is 0 Å². The summed E-state index contributed by atoms with van der Waals surface area (Å²) < 4.78 is 28.0. The van der Waals surface area contributed by atoms with Crippen LogP contribution in [0.15, 0.2) is 64.9 Å². The van der Waals surface area contributed by atoms with Crippen molar-refractivity contribution in [3.8, 4) is 0 Å². The third kappa shape index (κ3) is 4.75. The molecule has 0 bridgehead atoms. The van der Waals surface area contributed by atoms with E-state index in [1.807, 2.05) is 30.9 Å². The van der Waals surface area contributed by atoms with Gasteiger partial charge in [0.25, 0.3) is 0 Å². The van der Waals surface area contributed by atoms with E-state index in [0.717, 1.165) is 18.5 Å². The summed E-state index contributed by atoms with van der Waals surface area (Å²) in [6.07, 6.45) is 0.946. The first-order chi connectivity index (χ1) is 17.3. The molecule has 1 saturated heterocycles. The van der Waals surface area contributed by atoms with Gasteiger partial charge in [-0.2, -0.15) is 4.31 Å². The molecule has 1 amide bonds. The molecule has 0 saturated carbocycles. The standard InChI is InChI=1S/C28H33N3O3S2/c1-20-8-10-23(11-9-20)36(33,34)31-16-15-29(18-22(31)3)27(32)19-30-14-12-26-25(13-17-35-26)28(30)24-7-5-4-6-21(24)2/h4-11,13,17,22,28H,12,14-16,18-19H2,1-3H3. The number of rotatable bonds is 5. The zero-order valence-electron chi connectivity index (χ0n) is 21.1. The molecule has 8 heteroatoms. The Bertz CT molecular complexity index is 1350. The van der Waals surface area contributed by atoms with Crippen LogP contribution in [0.25, 0.3) is 0 Å². The fourth-order valence-corrected chi connectivity index (χ4v) is 7.96. The molecule has 3 heterocycles. The van der Waals surface area contributed by atoms with Crippen LogP contribution >= 0.6 is 11.3 Å². The topological polar surface area (TPSA) is 60.9 Å².